The number of nitrogens with two attached hydrogens (primary N) is 1. The normalized spacial score (nSPS) is 19.2. The quantitative estimate of drug-likeness (QED) is 0.770. The lowest BCUT2D eigenvalue weighted by Gasteiger charge is -2.22. The zero-order chi connectivity index (χ0) is 13.1. The second kappa shape index (κ2) is 5.16. The maximum Gasteiger partial charge on any atom is 0.277 e. The van der Waals surface area contributed by atoms with E-state index in [1.165, 1.54) is 0 Å². The van der Waals surface area contributed by atoms with E-state index in [1.54, 1.807) is 24.3 Å². The summed E-state index contributed by atoms with van der Waals surface area (Å²) in [6.45, 7) is 2.30. The monoisotopic (exact) mass is 249 g/mol. The molecule has 6 heteroatoms. The molecule has 1 aromatic carbocycles. The molecule has 1 aromatic rings. The van der Waals surface area contributed by atoms with Crippen LogP contribution in [0.1, 0.15) is 13.3 Å². The van der Waals surface area contributed by atoms with Crippen molar-refractivity contribution in [2.45, 2.75) is 19.4 Å². The fourth-order valence-electron chi connectivity index (χ4n) is 1.64. The van der Waals surface area contributed by atoms with Gasteiger partial charge in [0.1, 0.15) is 0 Å². The van der Waals surface area contributed by atoms with Gasteiger partial charge in [-0.1, -0.05) is 19.1 Å². The number of hydrogen-bond donors (Lipinski definition) is 2. The molecule has 1 unspecified atom stereocenters. The molecule has 6 nitrogen and oxygen atoms in total. The van der Waals surface area contributed by atoms with Crippen LogP contribution in [-0.2, 0) is 14.4 Å². The lowest BCUT2D eigenvalue weighted by Crippen LogP contribution is -2.48. The molecule has 1 aliphatic heterocycles. The fraction of sp³-hybridized carbons (Fsp3) is 0.333. The van der Waals surface area contributed by atoms with E-state index in [0.29, 0.717) is 18.0 Å². The van der Waals surface area contributed by atoms with Crippen molar-refractivity contribution in [2.75, 3.05) is 17.0 Å². The standard InChI is InChI=1S/C12H15N3O3/c1-2-7-18-15-9-6-4-3-5-8(9)14-11(16)10(13)12(15)17/h3-6,10H,2,7,13H2,1H3,(H,14,16). The number of fused-ring (bicyclic) bond motifs is 1. The van der Waals surface area contributed by atoms with E-state index in [2.05, 4.69) is 5.32 Å². The van der Waals surface area contributed by atoms with E-state index in [-0.39, 0.29) is 0 Å². The molecular weight excluding hydrogens is 234 g/mol. The van der Waals surface area contributed by atoms with Crippen LogP contribution in [0.15, 0.2) is 24.3 Å². The lowest BCUT2D eigenvalue weighted by atomic mass is 10.2. The molecule has 0 fully saturated rings. The topological polar surface area (TPSA) is 84.7 Å². The summed E-state index contributed by atoms with van der Waals surface area (Å²) in [5, 5.41) is 3.70. The number of nitrogens with one attached hydrogen (secondary N) is 1. The Labute approximate surface area is 105 Å². The molecule has 18 heavy (non-hydrogen) atoms. The molecule has 96 valence electrons. The predicted molar refractivity (Wildman–Crippen MR) is 66.8 cm³/mol. The van der Waals surface area contributed by atoms with Gasteiger partial charge >= 0.3 is 0 Å². The Morgan fingerprint density at radius 3 is 2.83 bits per heavy atom. The van der Waals surface area contributed by atoms with Crippen LogP contribution in [0.4, 0.5) is 11.4 Å². The van der Waals surface area contributed by atoms with Gasteiger partial charge in [-0.05, 0) is 18.6 Å². The van der Waals surface area contributed by atoms with Crippen molar-refractivity contribution in [1.29, 1.82) is 0 Å². The number of hydroxylamine groups is 1. The maximum absolute atomic E-state index is 12.0. The Hall–Kier alpha value is -1.92. The van der Waals surface area contributed by atoms with Crippen molar-refractivity contribution in [2.24, 2.45) is 5.73 Å². The van der Waals surface area contributed by atoms with Crippen LogP contribution in [0.5, 0.6) is 0 Å². The summed E-state index contributed by atoms with van der Waals surface area (Å²) in [5.74, 6) is -1.10. The first-order valence-corrected chi connectivity index (χ1v) is 5.77. The zero-order valence-electron chi connectivity index (χ0n) is 10.1. The molecule has 1 aliphatic rings. The van der Waals surface area contributed by atoms with Gasteiger partial charge in [-0.2, -0.15) is 5.06 Å². The van der Waals surface area contributed by atoms with E-state index in [4.69, 9.17) is 10.6 Å². The van der Waals surface area contributed by atoms with Crippen LogP contribution < -0.4 is 16.1 Å². The Bertz CT molecular complexity index is 475. The van der Waals surface area contributed by atoms with Crippen molar-refractivity contribution >= 4 is 23.2 Å². The van der Waals surface area contributed by atoms with E-state index in [0.717, 1.165) is 11.5 Å². The molecule has 1 heterocycles. The highest BCUT2D eigenvalue weighted by Crippen LogP contribution is 2.28. The minimum absolute atomic E-state index is 0.376. The number of amides is 2. The molecule has 0 aromatic heterocycles. The van der Waals surface area contributed by atoms with Gasteiger partial charge in [0.15, 0.2) is 6.04 Å². The third-order valence-corrected chi connectivity index (χ3v) is 2.55. The number of benzene rings is 1. The number of nitrogens with zero attached hydrogens (tertiary/aromatic N) is 1. The van der Waals surface area contributed by atoms with Gasteiger partial charge in [-0.15, -0.1) is 0 Å². The summed E-state index contributed by atoms with van der Waals surface area (Å²) in [6, 6.07) is 5.66. The number of hydrogen-bond acceptors (Lipinski definition) is 4. The van der Waals surface area contributed by atoms with Crippen LogP contribution >= 0.6 is 0 Å². The minimum atomic E-state index is -1.26. The molecule has 0 bridgehead atoms. The molecule has 2 rings (SSSR count). The van der Waals surface area contributed by atoms with E-state index in [1.807, 2.05) is 6.92 Å². The van der Waals surface area contributed by atoms with Gasteiger partial charge in [0.25, 0.3) is 11.8 Å². The Morgan fingerprint density at radius 1 is 1.39 bits per heavy atom. The van der Waals surface area contributed by atoms with Gasteiger partial charge in [-0.25, -0.2) is 0 Å². The van der Waals surface area contributed by atoms with Gasteiger partial charge in [0.05, 0.1) is 18.0 Å². The fourth-order valence-corrected chi connectivity index (χ4v) is 1.64. The largest absolute Gasteiger partial charge is 0.322 e. The molecule has 0 radical (unpaired) electrons. The van der Waals surface area contributed by atoms with Crippen molar-refractivity contribution in [3.05, 3.63) is 24.3 Å². The third kappa shape index (κ3) is 2.20. The van der Waals surface area contributed by atoms with Crippen molar-refractivity contribution in [3.8, 4) is 0 Å². The predicted octanol–water partition coefficient (Wildman–Crippen LogP) is 0.641. The second-order valence-electron chi connectivity index (χ2n) is 3.95. The van der Waals surface area contributed by atoms with Crippen LogP contribution in [-0.4, -0.2) is 24.5 Å². The molecule has 0 saturated heterocycles. The first-order valence-electron chi connectivity index (χ1n) is 5.77. The summed E-state index contributed by atoms with van der Waals surface area (Å²) in [7, 11) is 0. The summed E-state index contributed by atoms with van der Waals surface area (Å²) >= 11 is 0. The highest BCUT2D eigenvalue weighted by Gasteiger charge is 2.34. The molecule has 0 aliphatic carbocycles. The Kier molecular flexibility index (Phi) is 3.59. The first kappa shape index (κ1) is 12.5. The third-order valence-electron chi connectivity index (χ3n) is 2.55. The van der Waals surface area contributed by atoms with Gasteiger partial charge in [-0.3, -0.25) is 14.4 Å². The maximum atomic E-state index is 12.0. The Morgan fingerprint density at radius 2 is 2.11 bits per heavy atom. The van der Waals surface area contributed by atoms with Gasteiger partial charge in [0, 0.05) is 0 Å². The molecular formula is C12H15N3O3. The van der Waals surface area contributed by atoms with Crippen molar-refractivity contribution in [3.63, 3.8) is 0 Å². The number of carbonyl (C=O) groups is 2. The van der Waals surface area contributed by atoms with Crippen LogP contribution in [0.25, 0.3) is 0 Å². The average Bonchev–Trinajstić information content (AvgIpc) is 2.47. The second-order valence-corrected chi connectivity index (χ2v) is 3.95. The minimum Gasteiger partial charge on any atom is -0.322 e. The van der Waals surface area contributed by atoms with Gasteiger partial charge in [0.2, 0.25) is 0 Å². The summed E-state index contributed by atoms with van der Waals surface area (Å²) in [5.41, 5.74) is 6.59. The van der Waals surface area contributed by atoms with Crippen LogP contribution in [0.2, 0.25) is 0 Å². The molecule has 3 N–H and O–H groups in total. The average molecular weight is 249 g/mol. The van der Waals surface area contributed by atoms with Crippen LogP contribution in [0, 0.1) is 0 Å². The number of rotatable bonds is 3. The number of anilines is 2. The first-order chi connectivity index (χ1) is 8.65. The van der Waals surface area contributed by atoms with Gasteiger partial charge < -0.3 is 11.1 Å². The number of carbonyl (C=O) groups excluding carboxylic acids is 2. The summed E-state index contributed by atoms with van der Waals surface area (Å²) in [6.07, 6.45) is 0.753. The number of para-hydroxylation sites is 2. The zero-order valence-corrected chi connectivity index (χ0v) is 10.1. The Balaban J connectivity index is 2.41. The van der Waals surface area contributed by atoms with Crippen molar-refractivity contribution < 1.29 is 14.4 Å². The smallest absolute Gasteiger partial charge is 0.277 e. The molecule has 2 amide bonds. The summed E-state index contributed by atoms with van der Waals surface area (Å²) in [4.78, 5) is 29.1. The molecule has 0 spiro atoms. The summed E-state index contributed by atoms with van der Waals surface area (Å²) < 4.78 is 0. The highest BCUT2D eigenvalue weighted by atomic mass is 16.7. The van der Waals surface area contributed by atoms with Crippen molar-refractivity contribution in [1.82, 2.24) is 0 Å². The van der Waals surface area contributed by atoms with Crippen LogP contribution in [0.3, 0.4) is 0 Å². The van der Waals surface area contributed by atoms with E-state index >= 15 is 0 Å². The van der Waals surface area contributed by atoms with E-state index in [9.17, 15) is 9.59 Å². The lowest BCUT2D eigenvalue weighted by molar-refractivity contribution is -0.131. The highest BCUT2D eigenvalue weighted by molar-refractivity contribution is 6.18. The molecule has 1 atom stereocenters. The SMILES string of the molecule is CCCON1C(=O)C(N)C(=O)Nc2ccccc21. The molecule has 0 saturated carbocycles. The van der Waals surface area contributed by atoms with E-state index < -0.39 is 17.9 Å².